The van der Waals surface area contributed by atoms with Gasteiger partial charge in [0, 0.05) is 13.7 Å². The van der Waals surface area contributed by atoms with E-state index in [0.29, 0.717) is 18.4 Å². The van der Waals surface area contributed by atoms with Crippen LogP contribution in [0.5, 0.6) is 0 Å². The van der Waals surface area contributed by atoms with Gasteiger partial charge >= 0.3 is 5.97 Å². The SMILES string of the molecule is COC(=O)C(C)C(OC)C(C)C[C@@H](C)CCN(C)CCCCCO. The zero-order valence-electron chi connectivity index (χ0n) is 16.6. The molecule has 1 N–H and O–H groups in total. The third kappa shape index (κ3) is 9.60. The van der Waals surface area contributed by atoms with Crippen molar-refractivity contribution in [3.05, 3.63) is 0 Å². The maximum atomic E-state index is 11.7. The van der Waals surface area contributed by atoms with E-state index in [1.54, 1.807) is 7.11 Å². The summed E-state index contributed by atoms with van der Waals surface area (Å²) in [5.74, 6) is 0.455. The van der Waals surface area contributed by atoms with E-state index < -0.39 is 0 Å². The molecular formula is C19H39NO4. The van der Waals surface area contributed by atoms with Crippen molar-refractivity contribution in [2.75, 3.05) is 41.0 Å². The van der Waals surface area contributed by atoms with Crippen molar-refractivity contribution in [1.82, 2.24) is 4.90 Å². The molecule has 24 heavy (non-hydrogen) atoms. The van der Waals surface area contributed by atoms with Gasteiger partial charge in [0.25, 0.3) is 0 Å². The van der Waals surface area contributed by atoms with Crippen LogP contribution in [0.15, 0.2) is 0 Å². The number of aliphatic hydroxyl groups is 1. The Bertz CT molecular complexity index is 324. The average molecular weight is 346 g/mol. The standard InChI is InChI=1S/C19H39NO4/c1-15(10-12-20(4)11-8-7-9-13-21)14-16(2)18(23-5)17(3)19(22)24-6/h15-18,21H,7-14H2,1-6H3/t15-,16?,17?,18?/m0/s1. The molecule has 0 rings (SSSR count). The summed E-state index contributed by atoms with van der Waals surface area (Å²) in [6.45, 7) is 8.76. The fourth-order valence-corrected chi connectivity index (χ4v) is 3.36. The minimum atomic E-state index is -0.239. The van der Waals surface area contributed by atoms with Gasteiger partial charge in [-0.1, -0.05) is 13.8 Å². The van der Waals surface area contributed by atoms with Crippen LogP contribution < -0.4 is 0 Å². The topological polar surface area (TPSA) is 59.0 Å². The zero-order chi connectivity index (χ0) is 18.5. The average Bonchev–Trinajstić information content (AvgIpc) is 2.56. The molecule has 0 aliphatic rings. The lowest BCUT2D eigenvalue weighted by atomic mass is 9.85. The highest BCUT2D eigenvalue weighted by atomic mass is 16.5. The van der Waals surface area contributed by atoms with E-state index in [-0.39, 0.29) is 18.0 Å². The van der Waals surface area contributed by atoms with Crippen LogP contribution in [0.4, 0.5) is 0 Å². The first-order valence-corrected chi connectivity index (χ1v) is 9.27. The maximum Gasteiger partial charge on any atom is 0.311 e. The second-order valence-electron chi connectivity index (χ2n) is 7.21. The molecule has 5 nitrogen and oxygen atoms in total. The van der Waals surface area contributed by atoms with E-state index in [4.69, 9.17) is 14.6 Å². The maximum absolute atomic E-state index is 11.7. The molecule has 0 radical (unpaired) electrons. The van der Waals surface area contributed by atoms with Crippen molar-refractivity contribution in [1.29, 1.82) is 0 Å². The van der Waals surface area contributed by atoms with Crippen molar-refractivity contribution >= 4 is 5.97 Å². The quantitative estimate of drug-likeness (QED) is 0.387. The number of esters is 1. The Morgan fingerprint density at radius 1 is 1.08 bits per heavy atom. The zero-order valence-corrected chi connectivity index (χ0v) is 16.6. The monoisotopic (exact) mass is 345 g/mol. The fraction of sp³-hybridized carbons (Fsp3) is 0.947. The highest BCUT2D eigenvalue weighted by molar-refractivity contribution is 5.72. The number of aliphatic hydroxyl groups excluding tert-OH is 1. The normalized spacial score (nSPS) is 16.7. The smallest absolute Gasteiger partial charge is 0.311 e. The van der Waals surface area contributed by atoms with E-state index >= 15 is 0 Å². The van der Waals surface area contributed by atoms with Crippen molar-refractivity contribution in [3.63, 3.8) is 0 Å². The Labute approximate surface area is 148 Å². The van der Waals surface area contributed by atoms with E-state index in [2.05, 4.69) is 25.8 Å². The number of methoxy groups -OCH3 is 2. The first-order chi connectivity index (χ1) is 11.4. The van der Waals surface area contributed by atoms with E-state index in [9.17, 15) is 4.79 Å². The summed E-state index contributed by atoms with van der Waals surface area (Å²) < 4.78 is 10.4. The summed E-state index contributed by atoms with van der Waals surface area (Å²) in [6, 6.07) is 0. The van der Waals surface area contributed by atoms with Gasteiger partial charge in [-0.3, -0.25) is 4.79 Å². The van der Waals surface area contributed by atoms with Gasteiger partial charge in [-0.2, -0.15) is 0 Å². The Balaban J connectivity index is 4.15. The molecule has 0 bridgehead atoms. The largest absolute Gasteiger partial charge is 0.469 e. The Morgan fingerprint density at radius 3 is 2.29 bits per heavy atom. The number of carbonyl (C=O) groups excluding carboxylic acids is 1. The summed E-state index contributed by atoms with van der Waals surface area (Å²) in [5, 5.41) is 8.79. The second kappa shape index (κ2) is 13.6. The van der Waals surface area contributed by atoms with Crippen LogP contribution in [-0.2, 0) is 14.3 Å². The predicted molar refractivity (Wildman–Crippen MR) is 98.0 cm³/mol. The molecule has 0 fully saturated rings. The molecule has 0 aromatic rings. The highest BCUT2D eigenvalue weighted by Gasteiger charge is 2.30. The first-order valence-electron chi connectivity index (χ1n) is 9.27. The number of unbranched alkanes of at least 4 members (excludes halogenated alkanes) is 2. The van der Waals surface area contributed by atoms with Crippen LogP contribution in [0.2, 0.25) is 0 Å². The molecule has 5 heteroatoms. The van der Waals surface area contributed by atoms with Crippen molar-refractivity contribution < 1.29 is 19.4 Å². The molecular weight excluding hydrogens is 306 g/mol. The van der Waals surface area contributed by atoms with E-state index in [0.717, 1.165) is 45.2 Å². The summed E-state index contributed by atoms with van der Waals surface area (Å²) in [6.07, 6.45) is 5.22. The molecule has 3 unspecified atom stereocenters. The number of nitrogens with zero attached hydrogens (tertiary/aromatic N) is 1. The van der Waals surface area contributed by atoms with Gasteiger partial charge < -0.3 is 19.5 Å². The molecule has 0 amide bonds. The van der Waals surface area contributed by atoms with Gasteiger partial charge in [-0.05, 0) is 71.0 Å². The van der Waals surface area contributed by atoms with E-state index in [1.807, 2.05) is 6.92 Å². The number of ether oxygens (including phenoxy) is 2. The summed E-state index contributed by atoms with van der Waals surface area (Å²) in [4.78, 5) is 14.1. The summed E-state index contributed by atoms with van der Waals surface area (Å²) in [5.41, 5.74) is 0. The molecule has 0 aliphatic heterocycles. The van der Waals surface area contributed by atoms with Crippen LogP contribution in [0, 0.1) is 17.8 Å². The van der Waals surface area contributed by atoms with Crippen LogP contribution in [0.25, 0.3) is 0 Å². The lowest BCUT2D eigenvalue weighted by molar-refractivity contribution is -0.151. The predicted octanol–water partition coefficient (Wildman–Crippen LogP) is 2.96. The van der Waals surface area contributed by atoms with Gasteiger partial charge in [-0.25, -0.2) is 0 Å². The van der Waals surface area contributed by atoms with Crippen LogP contribution >= 0.6 is 0 Å². The van der Waals surface area contributed by atoms with Gasteiger partial charge in [-0.15, -0.1) is 0 Å². The Kier molecular flexibility index (Phi) is 13.3. The molecule has 4 atom stereocenters. The highest BCUT2D eigenvalue weighted by Crippen LogP contribution is 2.25. The second-order valence-corrected chi connectivity index (χ2v) is 7.21. The molecule has 0 saturated heterocycles. The molecule has 0 heterocycles. The molecule has 0 aromatic heterocycles. The van der Waals surface area contributed by atoms with Crippen LogP contribution in [0.3, 0.4) is 0 Å². The molecule has 0 aliphatic carbocycles. The van der Waals surface area contributed by atoms with Gasteiger partial charge in [0.05, 0.1) is 19.1 Å². The van der Waals surface area contributed by atoms with Crippen molar-refractivity contribution in [3.8, 4) is 0 Å². The number of hydrogen-bond donors (Lipinski definition) is 1. The molecule has 0 spiro atoms. The van der Waals surface area contributed by atoms with Gasteiger partial charge in [0.15, 0.2) is 0 Å². The Morgan fingerprint density at radius 2 is 1.75 bits per heavy atom. The lowest BCUT2D eigenvalue weighted by Gasteiger charge is -2.29. The van der Waals surface area contributed by atoms with Crippen molar-refractivity contribution in [2.24, 2.45) is 17.8 Å². The number of rotatable bonds is 14. The minimum Gasteiger partial charge on any atom is -0.469 e. The molecule has 144 valence electrons. The Hall–Kier alpha value is -0.650. The minimum absolute atomic E-state index is 0.101. The van der Waals surface area contributed by atoms with Gasteiger partial charge in [0.1, 0.15) is 0 Å². The van der Waals surface area contributed by atoms with Crippen molar-refractivity contribution in [2.45, 2.75) is 59.0 Å². The first kappa shape index (κ1) is 23.4. The molecule has 0 aromatic carbocycles. The summed E-state index contributed by atoms with van der Waals surface area (Å²) >= 11 is 0. The molecule has 0 saturated carbocycles. The summed E-state index contributed by atoms with van der Waals surface area (Å²) in [7, 11) is 5.26. The van der Waals surface area contributed by atoms with E-state index in [1.165, 1.54) is 7.11 Å². The lowest BCUT2D eigenvalue weighted by Crippen LogP contribution is -2.34. The van der Waals surface area contributed by atoms with Crippen LogP contribution in [0.1, 0.15) is 52.9 Å². The third-order valence-electron chi connectivity index (χ3n) is 4.87. The number of carbonyl (C=O) groups is 1. The van der Waals surface area contributed by atoms with Crippen LogP contribution in [-0.4, -0.2) is 63.0 Å². The third-order valence-corrected chi connectivity index (χ3v) is 4.87. The van der Waals surface area contributed by atoms with Gasteiger partial charge in [0.2, 0.25) is 0 Å². The number of hydrogen-bond acceptors (Lipinski definition) is 5. The fourth-order valence-electron chi connectivity index (χ4n) is 3.36.